The molecule has 1 atom stereocenters. The smallest absolute Gasteiger partial charge is 0.250 e. The Morgan fingerprint density at radius 1 is 1.04 bits per heavy atom. The molecule has 0 saturated heterocycles. The summed E-state index contributed by atoms with van der Waals surface area (Å²) in [6, 6.07) is 3.69. The lowest BCUT2D eigenvalue weighted by Gasteiger charge is -2.35. The maximum absolute atomic E-state index is 6.90. The number of rotatable bonds is 14. The van der Waals surface area contributed by atoms with E-state index >= 15 is 0 Å². The van der Waals surface area contributed by atoms with Gasteiger partial charge in [-0.3, -0.25) is 0 Å². The fourth-order valence-corrected chi connectivity index (χ4v) is 6.90. The van der Waals surface area contributed by atoms with Crippen molar-refractivity contribution in [2.24, 2.45) is 5.92 Å². The molecule has 0 heterocycles. The largest absolute Gasteiger partial charge is 0.547 e. The Hall–Kier alpha value is -0.543. The van der Waals surface area contributed by atoms with E-state index < -0.39 is 8.32 Å². The molecular weight excluding hydrogens is 348 g/mol. The molecule has 0 aromatic carbocycles. The molecule has 0 saturated carbocycles. The van der Waals surface area contributed by atoms with Gasteiger partial charge in [-0.2, -0.15) is 0 Å². The van der Waals surface area contributed by atoms with Gasteiger partial charge in [-0.15, -0.1) is 0 Å². The van der Waals surface area contributed by atoms with E-state index in [4.69, 9.17) is 9.16 Å². The third-order valence-corrected chi connectivity index (χ3v) is 11.0. The summed E-state index contributed by atoms with van der Waals surface area (Å²) < 4.78 is 12.9. The van der Waals surface area contributed by atoms with Gasteiger partial charge in [-0.05, 0) is 62.2 Å². The molecule has 0 aromatic rings. The molecule has 0 bridgehead atoms. The lowest BCUT2D eigenvalue weighted by Crippen LogP contribution is -2.36. The minimum Gasteiger partial charge on any atom is -0.547 e. The fourth-order valence-electron chi connectivity index (χ4n) is 4.21. The molecule has 0 spiro atoms. The Bertz CT molecular complexity index is 439. The average Bonchev–Trinajstić information content (AvgIpc) is 2.71. The molecule has 0 unspecified atom stereocenters. The van der Waals surface area contributed by atoms with Crippen molar-refractivity contribution in [1.29, 1.82) is 0 Å². The maximum Gasteiger partial charge on any atom is 0.250 e. The number of hydrogen-bond donors (Lipinski definition) is 0. The van der Waals surface area contributed by atoms with E-state index in [0.717, 1.165) is 25.9 Å². The number of allylic oxidation sites excluding steroid dienone is 3. The number of unbranched alkanes of at least 4 members (excludes halogenated alkanes) is 1. The van der Waals surface area contributed by atoms with Crippen LogP contribution in [0.25, 0.3) is 0 Å². The number of hydrogen-bond acceptors (Lipinski definition) is 2. The van der Waals surface area contributed by atoms with Crippen molar-refractivity contribution in [3.63, 3.8) is 0 Å². The number of ether oxygens (including phenoxy) is 1. The SMILES string of the molecule is CCCCC1=C(O[Si](CC)(CC)CC)CCC[C@@H]1/C=C/COC(CC)CC. The molecule has 0 N–H and O–H groups in total. The molecule has 3 heteroatoms. The van der Waals surface area contributed by atoms with Crippen molar-refractivity contribution in [1.82, 2.24) is 0 Å². The van der Waals surface area contributed by atoms with Gasteiger partial charge in [0.15, 0.2) is 0 Å². The van der Waals surface area contributed by atoms with Crippen molar-refractivity contribution < 1.29 is 9.16 Å². The molecule has 0 aliphatic heterocycles. The minimum absolute atomic E-state index is 0.403. The standard InChI is InChI=1S/C24H46O2Si/c1-7-13-18-23-21(17-15-20-25-22(8-2)9-3)16-14-19-24(23)26-27(10-4,11-5)12-6/h15,17,21-22H,7-14,16,18-20H2,1-6H3/b17-15+/t21-/m1/s1. The Kier molecular flexibility index (Phi) is 12.3. The van der Waals surface area contributed by atoms with Crippen LogP contribution in [0.5, 0.6) is 0 Å². The maximum atomic E-state index is 6.90. The van der Waals surface area contributed by atoms with Gasteiger partial charge in [0.25, 0.3) is 0 Å². The van der Waals surface area contributed by atoms with Crippen LogP contribution in [0.4, 0.5) is 0 Å². The van der Waals surface area contributed by atoms with Crippen LogP contribution >= 0.6 is 0 Å². The third kappa shape index (κ3) is 7.77. The average molecular weight is 395 g/mol. The van der Waals surface area contributed by atoms with Gasteiger partial charge in [0, 0.05) is 12.3 Å². The molecule has 0 amide bonds. The third-order valence-electron chi connectivity index (χ3n) is 6.50. The summed E-state index contributed by atoms with van der Waals surface area (Å²) >= 11 is 0. The first kappa shape index (κ1) is 24.5. The Labute approximate surface area is 170 Å². The second kappa shape index (κ2) is 13.6. The van der Waals surface area contributed by atoms with Crippen molar-refractivity contribution in [3.05, 3.63) is 23.5 Å². The highest BCUT2D eigenvalue weighted by molar-refractivity contribution is 6.73. The summed E-state index contributed by atoms with van der Waals surface area (Å²) in [6.45, 7) is 14.5. The molecule has 27 heavy (non-hydrogen) atoms. The van der Waals surface area contributed by atoms with Gasteiger partial charge < -0.3 is 9.16 Å². The quantitative estimate of drug-likeness (QED) is 0.219. The minimum atomic E-state index is -1.58. The Morgan fingerprint density at radius 3 is 2.26 bits per heavy atom. The fraction of sp³-hybridized carbons (Fsp3) is 0.833. The van der Waals surface area contributed by atoms with E-state index in [1.165, 1.54) is 56.0 Å². The molecule has 1 aliphatic rings. The summed E-state index contributed by atoms with van der Waals surface area (Å²) in [5.74, 6) is 1.94. The zero-order valence-corrected chi connectivity index (χ0v) is 20.1. The van der Waals surface area contributed by atoms with Crippen molar-refractivity contribution in [2.45, 2.75) is 117 Å². The van der Waals surface area contributed by atoms with Crippen LogP contribution in [0.3, 0.4) is 0 Å². The van der Waals surface area contributed by atoms with Gasteiger partial charge in [0.2, 0.25) is 8.32 Å². The summed E-state index contributed by atoms with van der Waals surface area (Å²) in [6.07, 6.45) is 14.7. The topological polar surface area (TPSA) is 18.5 Å². The van der Waals surface area contributed by atoms with Crippen molar-refractivity contribution in [2.75, 3.05) is 6.61 Å². The van der Waals surface area contributed by atoms with Gasteiger partial charge in [-0.1, -0.05) is 60.1 Å². The van der Waals surface area contributed by atoms with Crippen LogP contribution in [0.15, 0.2) is 23.5 Å². The van der Waals surface area contributed by atoms with Crippen LogP contribution in [-0.2, 0) is 9.16 Å². The van der Waals surface area contributed by atoms with E-state index in [1.807, 2.05) is 0 Å². The summed E-state index contributed by atoms with van der Waals surface area (Å²) in [4.78, 5) is 0. The molecule has 1 rings (SSSR count). The van der Waals surface area contributed by atoms with Crippen LogP contribution in [0, 0.1) is 5.92 Å². The van der Waals surface area contributed by atoms with Crippen molar-refractivity contribution >= 4 is 8.32 Å². The first-order valence-electron chi connectivity index (χ1n) is 11.8. The first-order valence-corrected chi connectivity index (χ1v) is 14.3. The summed E-state index contributed by atoms with van der Waals surface area (Å²) in [7, 11) is -1.58. The molecule has 2 nitrogen and oxygen atoms in total. The van der Waals surface area contributed by atoms with Crippen LogP contribution in [0.2, 0.25) is 18.1 Å². The van der Waals surface area contributed by atoms with E-state index in [9.17, 15) is 0 Å². The van der Waals surface area contributed by atoms with Gasteiger partial charge >= 0.3 is 0 Å². The monoisotopic (exact) mass is 394 g/mol. The molecular formula is C24H46O2Si. The van der Waals surface area contributed by atoms with Gasteiger partial charge in [0.1, 0.15) is 0 Å². The molecule has 0 radical (unpaired) electrons. The predicted octanol–water partition coefficient (Wildman–Crippen LogP) is 8.01. The zero-order chi connectivity index (χ0) is 20.1. The van der Waals surface area contributed by atoms with Gasteiger partial charge in [0.05, 0.1) is 18.5 Å². The van der Waals surface area contributed by atoms with E-state index in [2.05, 4.69) is 53.7 Å². The summed E-state index contributed by atoms with van der Waals surface area (Å²) in [5.41, 5.74) is 1.61. The Morgan fingerprint density at radius 2 is 1.70 bits per heavy atom. The molecule has 158 valence electrons. The molecule has 0 aromatic heterocycles. The second-order valence-corrected chi connectivity index (χ2v) is 12.8. The van der Waals surface area contributed by atoms with Crippen LogP contribution in [-0.4, -0.2) is 21.0 Å². The van der Waals surface area contributed by atoms with Crippen LogP contribution in [0.1, 0.15) is 92.9 Å². The normalized spacial score (nSPS) is 18.7. The molecule has 0 fully saturated rings. The lowest BCUT2D eigenvalue weighted by molar-refractivity contribution is 0.0686. The highest BCUT2D eigenvalue weighted by atomic mass is 28.4. The highest BCUT2D eigenvalue weighted by Gasteiger charge is 2.33. The van der Waals surface area contributed by atoms with Crippen LogP contribution < -0.4 is 0 Å². The molecule has 1 aliphatic carbocycles. The predicted molar refractivity (Wildman–Crippen MR) is 122 cm³/mol. The summed E-state index contributed by atoms with van der Waals surface area (Å²) in [5, 5.41) is 0. The van der Waals surface area contributed by atoms with Gasteiger partial charge in [-0.25, -0.2) is 0 Å². The van der Waals surface area contributed by atoms with E-state index in [1.54, 1.807) is 5.57 Å². The lowest BCUT2D eigenvalue weighted by atomic mass is 9.83. The first-order chi connectivity index (χ1) is 13.1. The van der Waals surface area contributed by atoms with Crippen molar-refractivity contribution in [3.8, 4) is 0 Å². The second-order valence-electron chi connectivity index (χ2n) is 8.10. The zero-order valence-electron chi connectivity index (χ0n) is 19.1. The van der Waals surface area contributed by atoms with E-state index in [0.29, 0.717) is 12.0 Å². The Balaban J connectivity index is 2.91. The van der Waals surface area contributed by atoms with E-state index in [-0.39, 0.29) is 0 Å². The highest BCUT2D eigenvalue weighted by Crippen LogP contribution is 2.38.